The molecule has 4 nitrogen and oxygen atoms in total. The van der Waals surface area contributed by atoms with Crippen LogP contribution in [0.2, 0.25) is 10.0 Å². The fourth-order valence-electron chi connectivity index (χ4n) is 2.61. The highest BCUT2D eigenvalue weighted by Crippen LogP contribution is 2.27. The predicted octanol–water partition coefficient (Wildman–Crippen LogP) is 6.65. The van der Waals surface area contributed by atoms with Gasteiger partial charge < -0.3 is 15.2 Å². The van der Waals surface area contributed by atoms with Crippen molar-refractivity contribution in [3.63, 3.8) is 0 Å². The van der Waals surface area contributed by atoms with Gasteiger partial charge in [0.25, 0.3) is 0 Å². The Hall–Kier alpha value is -2.21. The molecule has 0 amide bonds. The van der Waals surface area contributed by atoms with Crippen LogP contribution in [0.4, 0.5) is 5.69 Å². The third kappa shape index (κ3) is 5.41. The van der Waals surface area contributed by atoms with E-state index in [-0.39, 0.29) is 10.6 Å². The molecule has 0 heterocycles. The molecule has 3 rings (SSSR count). The fraction of sp³-hybridized carbons (Fsp3) is 0.0952. The third-order valence-electron chi connectivity index (χ3n) is 3.99. The number of anilines is 1. The van der Waals surface area contributed by atoms with Crippen molar-refractivity contribution in [1.29, 1.82) is 0 Å². The van der Waals surface area contributed by atoms with E-state index in [1.165, 1.54) is 6.07 Å². The summed E-state index contributed by atoms with van der Waals surface area (Å²) in [5.74, 6) is -0.316. The summed E-state index contributed by atoms with van der Waals surface area (Å²) >= 11 is 15.5. The van der Waals surface area contributed by atoms with Gasteiger partial charge in [0.2, 0.25) is 0 Å². The van der Waals surface area contributed by atoms with E-state index < -0.39 is 5.97 Å². The molecule has 0 radical (unpaired) electrons. The van der Waals surface area contributed by atoms with Gasteiger partial charge in [0.05, 0.1) is 10.6 Å². The lowest BCUT2D eigenvalue weighted by atomic mass is 10.1. The second kappa shape index (κ2) is 9.32. The first-order valence-corrected chi connectivity index (χ1v) is 9.89. The minimum Gasteiger partial charge on any atom is -0.489 e. The van der Waals surface area contributed by atoms with Gasteiger partial charge in [-0.2, -0.15) is 0 Å². The Morgan fingerprint density at radius 3 is 2.61 bits per heavy atom. The maximum absolute atomic E-state index is 11.1. The van der Waals surface area contributed by atoms with Crippen LogP contribution in [-0.2, 0) is 13.2 Å². The van der Waals surface area contributed by atoms with Crippen molar-refractivity contribution in [2.45, 2.75) is 13.2 Å². The topological polar surface area (TPSA) is 58.6 Å². The Morgan fingerprint density at radius 1 is 1.07 bits per heavy atom. The molecule has 0 aliphatic rings. The van der Waals surface area contributed by atoms with Crippen molar-refractivity contribution in [3.05, 3.63) is 91.9 Å². The maximum Gasteiger partial charge on any atom is 0.337 e. The van der Waals surface area contributed by atoms with Gasteiger partial charge in [0.15, 0.2) is 0 Å². The number of halogens is 3. The largest absolute Gasteiger partial charge is 0.489 e. The van der Waals surface area contributed by atoms with Crippen molar-refractivity contribution < 1.29 is 14.6 Å². The van der Waals surface area contributed by atoms with Crippen LogP contribution < -0.4 is 10.1 Å². The number of carboxylic acid groups (broad SMARTS) is 1. The van der Waals surface area contributed by atoms with E-state index >= 15 is 0 Å². The van der Waals surface area contributed by atoms with Crippen molar-refractivity contribution in [2.75, 3.05) is 5.32 Å². The van der Waals surface area contributed by atoms with Crippen LogP contribution in [0.3, 0.4) is 0 Å². The minimum absolute atomic E-state index is 0.0696. The van der Waals surface area contributed by atoms with E-state index in [9.17, 15) is 4.79 Å². The summed E-state index contributed by atoms with van der Waals surface area (Å²) in [6.07, 6.45) is 0. The summed E-state index contributed by atoms with van der Waals surface area (Å²) in [5.41, 5.74) is 2.70. The van der Waals surface area contributed by atoms with Crippen molar-refractivity contribution >= 4 is 50.8 Å². The first-order valence-electron chi connectivity index (χ1n) is 8.35. The van der Waals surface area contributed by atoms with Gasteiger partial charge >= 0.3 is 5.97 Å². The summed E-state index contributed by atoms with van der Waals surface area (Å²) in [7, 11) is 0. The number of ether oxygens (including phenoxy) is 1. The molecule has 0 bridgehead atoms. The lowest BCUT2D eigenvalue weighted by molar-refractivity contribution is 0.0697. The highest BCUT2D eigenvalue weighted by Gasteiger charge is 2.10. The van der Waals surface area contributed by atoms with Crippen molar-refractivity contribution in [3.8, 4) is 5.75 Å². The molecule has 0 spiro atoms. The molecule has 0 aliphatic heterocycles. The number of carboxylic acids is 1. The monoisotopic (exact) mass is 479 g/mol. The number of hydrogen-bond acceptors (Lipinski definition) is 3. The zero-order valence-electron chi connectivity index (χ0n) is 14.6. The quantitative estimate of drug-likeness (QED) is 0.397. The molecule has 3 aromatic carbocycles. The molecule has 0 saturated carbocycles. The van der Waals surface area contributed by atoms with Crippen LogP contribution in [-0.4, -0.2) is 11.1 Å². The summed E-state index contributed by atoms with van der Waals surface area (Å²) < 4.78 is 6.90. The third-order valence-corrected chi connectivity index (χ3v) is 5.03. The van der Waals surface area contributed by atoms with Gasteiger partial charge in [-0.05, 0) is 54.1 Å². The molecule has 0 unspecified atom stereocenters. The second-order valence-electron chi connectivity index (χ2n) is 6.02. The summed E-state index contributed by atoms with van der Waals surface area (Å²) in [5, 5.41) is 13.2. The summed E-state index contributed by atoms with van der Waals surface area (Å²) in [4.78, 5) is 11.1. The van der Waals surface area contributed by atoms with E-state index in [1.807, 2.05) is 42.5 Å². The zero-order chi connectivity index (χ0) is 20.1. The van der Waals surface area contributed by atoms with Gasteiger partial charge in [-0.15, -0.1) is 0 Å². The Morgan fingerprint density at radius 2 is 1.89 bits per heavy atom. The van der Waals surface area contributed by atoms with E-state index in [0.717, 1.165) is 27.0 Å². The van der Waals surface area contributed by atoms with Gasteiger partial charge in [-0.3, -0.25) is 0 Å². The van der Waals surface area contributed by atoms with E-state index in [0.29, 0.717) is 18.2 Å². The number of carbonyl (C=O) groups is 1. The van der Waals surface area contributed by atoms with Gasteiger partial charge in [-0.1, -0.05) is 51.3 Å². The first-order chi connectivity index (χ1) is 13.4. The molecule has 0 fully saturated rings. The smallest absolute Gasteiger partial charge is 0.337 e. The SMILES string of the molecule is O=C(O)c1ccc(NCc2cc(Br)ccc2OCc2cccc(Cl)c2)cc1Cl. The molecule has 144 valence electrons. The van der Waals surface area contributed by atoms with Crippen LogP contribution in [0.5, 0.6) is 5.75 Å². The molecule has 0 aromatic heterocycles. The van der Waals surface area contributed by atoms with Crippen LogP contribution in [0.25, 0.3) is 0 Å². The highest BCUT2D eigenvalue weighted by atomic mass is 79.9. The molecule has 7 heteroatoms. The van der Waals surface area contributed by atoms with Gasteiger partial charge in [-0.25, -0.2) is 4.79 Å². The lowest BCUT2D eigenvalue weighted by Gasteiger charge is -2.14. The van der Waals surface area contributed by atoms with Crippen molar-refractivity contribution in [2.24, 2.45) is 0 Å². The molecule has 2 N–H and O–H groups in total. The van der Waals surface area contributed by atoms with Crippen LogP contribution in [0.15, 0.2) is 65.1 Å². The van der Waals surface area contributed by atoms with Crippen molar-refractivity contribution in [1.82, 2.24) is 0 Å². The highest BCUT2D eigenvalue weighted by molar-refractivity contribution is 9.10. The number of benzene rings is 3. The van der Waals surface area contributed by atoms with Crippen LogP contribution in [0.1, 0.15) is 21.5 Å². The Bertz CT molecular complexity index is 1010. The predicted molar refractivity (Wildman–Crippen MR) is 116 cm³/mol. The molecule has 0 atom stereocenters. The van der Waals surface area contributed by atoms with Crippen LogP contribution in [0, 0.1) is 0 Å². The van der Waals surface area contributed by atoms with E-state index in [2.05, 4.69) is 21.2 Å². The summed E-state index contributed by atoms with van der Waals surface area (Å²) in [6.45, 7) is 0.876. The van der Waals surface area contributed by atoms with E-state index in [4.69, 9.17) is 33.0 Å². The lowest BCUT2D eigenvalue weighted by Crippen LogP contribution is -2.05. The second-order valence-corrected chi connectivity index (χ2v) is 7.78. The molecule has 0 aliphatic carbocycles. The maximum atomic E-state index is 11.1. The number of aromatic carboxylic acids is 1. The average Bonchev–Trinajstić information content (AvgIpc) is 2.65. The molecule has 3 aromatic rings. The molecule has 28 heavy (non-hydrogen) atoms. The average molecular weight is 481 g/mol. The minimum atomic E-state index is -1.06. The fourth-order valence-corrected chi connectivity index (χ4v) is 3.49. The molecular weight excluding hydrogens is 465 g/mol. The summed E-state index contributed by atoms with van der Waals surface area (Å²) in [6, 6.07) is 18.0. The van der Waals surface area contributed by atoms with E-state index in [1.54, 1.807) is 12.1 Å². The Balaban J connectivity index is 1.72. The van der Waals surface area contributed by atoms with Gasteiger partial charge in [0, 0.05) is 27.3 Å². The molecule has 0 saturated heterocycles. The Kier molecular flexibility index (Phi) is 6.83. The van der Waals surface area contributed by atoms with Crippen LogP contribution >= 0.6 is 39.1 Å². The normalized spacial score (nSPS) is 10.5. The Labute approximate surface area is 181 Å². The zero-order valence-corrected chi connectivity index (χ0v) is 17.7. The molecular formula is C21H16BrCl2NO3. The number of hydrogen-bond donors (Lipinski definition) is 2. The number of nitrogens with one attached hydrogen (secondary N) is 1. The standard InChI is InChI=1S/C21H16BrCl2NO3/c22-15-4-7-20(28-12-13-2-1-3-16(23)8-13)14(9-15)11-25-17-5-6-18(21(26)27)19(24)10-17/h1-10,25H,11-12H2,(H,26,27). The number of rotatable bonds is 7. The first kappa shape index (κ1) is 20.5. The van der Waals surface area contributed by atoms with Gasteiger partial charge in [0.1, 0.15) is 12.4 Å².